The Bertz CT molecular complexity index is 549. The highest BCUT2D eigenvalue weighted by molar-refractivity contribution is 5.85. The van der Waals surface area contributed by atoms with Gasteiger partial charge in [0.2, 0.25) is 0 Å². The van der Waals surface area contributed by atoms with Crippen LogP contribution in [0.4, 0.5) is 4.39 Å². The first-order chi connectivity index (χ1) is 8.66. The second-order valence-corrected chi connectivity index (χ2v) is 3.69. The molecule has 0 aliphatic carbocycles. The van der Waals surface area contributed by atoms with Gasteiger partial charge in [-0.3, -0.25) is 0 Å². The van der Waals surface area contributed by atoms with E-state index in [4.69, 9.17) is 4.74 Å². The highest BCUT2D eigenvalue weighted by Crippen LogP contribution is 2.15. The summed E-state index contributed by atoms with van der Waals surface area (Å²) in [5.74, 6) is -1.09. The van der Waals surface area contributed by atoms with Gasteiger partial charge in [0.25, 0.3) is 0 Å². The molecular formula is C14H10FO3-. The van der Waals surface area contributed by atoms with Crippen LogP contribution in [0.3, 0.4) is 0 Å². The topological polar surface area (TPSA) is 49.4 Å². The van der Waals surface area contributed by atoms with E-state index < -0.39 is 5.97 Å². The number of halogens is 1. The van der Waals surface area contributed by atoms with Crippen molar-refractivity contribution in [1.82, 2.24) is 0 Å². The molecule has 0 aliphatic heterocycles. The molecule has 0 aliphatic rings. The first-order valence-corrected chi connectivity index (χ1v) is 5.34. The summed E-state index contributed by atoms with van der Waals surface area (Å²) in [4.78, 5) is 10.5. The normalized spacial score (nSPS) is 10.1. The van der Waals surface area contributed by atoms with Crippen molar-refractivity contribution in [1.29, 1.82) is 0 Å². The minimum absolute atomic E-state index is 0.0771. The average Bonchev–Trinajstić information content (AvgIpc) is 2.38. The monoisotopic (exact) mass is 245 g/mol. The third kappa shape index (κ3) is 2.85. The standard InChI is InChI=1S/C14H11FO3/c15-13-4-2-1-3-11(13)9-18-12-7-5-10(6-8-12)14(16)17/h1-8H,9H2,(H,16,17)/p-1. The number of hydrogen-bond donors (Lipinski definition) is 0. The molecule has 0 saturated carbocycles. The molecule has 0 fully saturated rings. The molecule has 0 atom stereocenters. The maximum absolute atomic E-state index is 13.3. The molecule has 0 spiro atoms. The molecule has 18 heavy (non-hydrogen) atoms. The Morgan fingerprint density at radius 2 is 1.78 bits per heavy atom. The van der Waals surface area contributed by atoms with E-state index in [-0.39, 0.29) is 18.0 Å². The van der Waals surface area contributed by atoms with E-state index in [0.29, 0.717) is 11.3 Å². The van der Waals surface area contributed by atoms with Gasteiger partial charge in [-0.15, -0.1) is 0 Å². The van der Waals surface area contributed by atoms with E-state index in [9.17, 15) is 14.3 Å². The van der Waals surface area contributed by atoms with Gasteiger partial charge < -0.3 is 14.6 Å². The molecular weight excluding hydrogens is 235 g/mol. The fourth-order valence-electron chi connectivity index (χ4n) is 1.46. The maximum atomic E-state index is 13.3. The van der Waals surface area contributed by atoms with Gasteiger partial charge in [0, 0.05) is 5.56 Å². The Hall–Kier alpha value is -2.36. The molecule has 0 bridgehead atoms. The molecule has 2 aromatic rings. The third-order valence-corrected chi connectivity index (χ3v) is 2.44. The summed E-state index contributed by atoms with van der Waals surface area (Å²) in [5.41, 5.74) is 0.523. The molecule has 2 rings (SSSR count). The van der Waals surface area contributed by atoms with Crippen LogP contribution < -0.4 is 9.84 Å². The third-order valence-electron chi connectivity index (χ3n) is 2.44. The number of aromatic carboxylic acids is 1. The van der Waals surface area contributed by atoms with Gasteiger partial charge in [0.1, 0.15) is 18.2 Å². The van der Waals surface area contributed by atoms with Gasteiger partial charge in [0.05, 0.1) is 5.97 Å². The summed E-state index contributed by atoms with van der Waals surface area (Å²) in [7, 11) is 0. The molecule has 3 nitrogen and oxygen atoms in total. The van der Waals surface area contributed by atoms with Crippen LogP contribution >= 0.6 is 0 Å². The zero-order valence-corrected chi connectivity index (χ0v) is 9.43. The summed E-state index contributed by atoms with van der Waals surface area (Å²) in [6.45, 7) is 0.0946. The Morgan fingerprint density at radius 3 is 2.39 bits per heavy atom. The quantitative estimate of drug-likeness (QED) is 0.824. The van der Waals surface area contributed by atoms with Crippen molar-refractivity contribution >= 4 is 5.97 Å². The number of ether oxygens (including phenoxy) is 1. The van der Waals surface area contributed by atoms with E-state index in [1.165, 1.54) is 30.3 Å². The fourth-order valence-corrected chi connectivity index (χ4v) is 1.46. The van der Waals surface area contributed by atoms with Gasteiger partial charge in [-0.2, -0.15) is 0 Å². The van der Waals surface area contributed by atoms with Crippen molar-refractivity contribution in [3.63, 3.8) is 0 Å². The smallest absolute Gasteiger partial charge is 0.129 e. The molecule has 92 valence electrons. The zero-order valence-electron chi connectivity index (χ0n) is 9.43. The van der Waals surface area contributed by atoms with Crippen LogP contribution in [0, 0.1) is 5.82 Å². The van der Waals surface area contributed by atoms with E-state index in [2.05, 4.69) is 0 Å². The van der Waals surface area contributed by atoms with Crippen LogP contribution in [0.5, 0.6) is 5.75 Å². The number of carboxylic acid groups (broad SMARTS) is 1. The number of rotatable bonds is 4. The van der Waals surface area contributed by atoms with Crippen molar-refractivity contribution < 1.29 is 19.0 Å². The molecule has 2 aromatic carbocycles. The lowest BCUT2D eigenvalue weighted by molar-refractivity contribution is -0.255. The lowest BCUT2D eigenvalue weighted by atomic mass is 10.2. The van der Waals surface area contributed by atoms with Crippen LogP contribution in [0.15, 0.2) is 48.5 Å². The van der Waals surface area contributed by atoms with Gasteiger partial charge in [-0.25, -0.2) is 4.39 Å². The van der Waals surface area contributed by atoms with E-state index in [0.717, 1.165) is 0 Å². The summed E-state index contributed by atoms with van der Waals surface area (Å²) in [6, 6.07) is 12.1. The minimum atomic E-state index is -1.24. The first-order valence-electron chi connectivity index (χ1n) is 5.34. The van der Waals surface area contributed by atoms with Gasteiger partial charge in [0.15, 0.2) is 0 Å². The van der Waals surface area contributed by atoms with E-state index >= 15 is 0 Å². The molecule has 0 aromatic heterocycles. The van der Waals surface area contributed by atoms with E-state index in [1.54, 1.807) is 18.2 Å². The van der Waals surface area contributed by atoms with Crippen molar-refractivity contribution in [2.75, 3.05) is 0 Å². The number of hydrogen-bond acceptors (Lipinski definition) is 3. The Balaban J connectivity index is 2.02. The highest BCUT2D eigenvalue weighted by atomic mass is 19.1. The molecule has 0 N–H and O–H groups in total. The second-order valence-electron chi connectivity index (χ2n) is 3.69. The Labute approximate surface area is 103 Å². The molecule has 0 unspecified atom stereocenters. The lowest BCUT2D eigenvalue weighted by Gasteiger charge is -2.08. The largest absolute Gasteiger partial charge is 0.545 e. The molecule has 0 heterocycles. The summed E-state index contributed by atoms with van der Waals surface area (Å²) < 4.78 is 18.7. The predicted molar refractivity (Wildman–Crippen MR) is 61.5 cm³/mol. The molecule has 0 saturated heterocycles. The summed E-state index contributed by atoms with van der Waals surface area (Å²) in [5, 5.41) is 10.5. The van der Waals surface area contributed by atoms with Gasteiger partial charge >= 0.3 is 0 Å². The van der Waals surface area contributed by atoms with Crippen molar-refractivity contribution in [3.05, 3.63) is 65.5 Å². The molecule has 0 radical (unpaired) electrons. The number of benzene rings is 2. The number of carbonyl (C=O) groups is 1. The van der Waals surface area contributed by atoms with Crippen molar-refractivity contribution in [3.8, 4) is 5.75 Å². The summed E-state index contributed by atoms with van der Waals surface area (Å²) in [6.07, 6.45) is 0. The maximum Gasteiger partial charge on any atom is 0.129 e. The zero-order chi connectivity index (χ0) is 13.0. The number of carboxylic acids is 1. The van der Waals surface area contributed by atoms with Crippen LogP contribution in [0.25, 0.3) is 0 Å². The Kier molecular flexibility index (Phi) is 3.57. The van der Waals surface area contributed by atoms with Crippen LogP contribution in [0.2, 0.25) is 0 Å². The van der Waals surface area contributed by atoms with Crippen molar-refractivity contribution in [2.45, 2.75) is 6.61 Å². The molecule has 0 amide bonds. The van der Waals surface area contributed by atoms with Crippen molar-refractivity contribution in [2.24, 2.45) is 0 Å². The van der Waals surface area contributed by atoms with Gasteiger partial charge in [-0.05, 0) is 35.9 Å². The van der Waals surface area contributed by atoms with Crippen LogP contribution in [-0.4, -0.2) is 5.97 Å². The SMILES string of the molecule is O=C([O-])c1ccc(OCc2ccccc2F)cc1. The van der Waals surface area contributed by atoms with Gasteiger partial charge in [-0.1, -0.05) is 18.2 Å². The fraction of sp³-hybridized carbons (Fsp3) is 0.0714. The van der Waals surface area contributed by atoms with Crippen LogP contribution in [-0.2, 0) is 6.61 Å². The van der Waals surface area contributed by atoms with E-state index in [1.807, 2.05) is 0 Å². The minimum Gasteiger partial charge on any atom is -0.545 e. The average molecular weight is 245 g/mol. The predicted octanol–water partition coefficient (Wildman–Crippen LogP) is 1.77. The Morgan fingerprint density at radius 1 is 1.11 bits per heavy atom. The lowest BCUT2D eigenvalue weighted by Crippen LogP contribution is -2.21. The first kappa shape index (κ1) is 12.1. The number of carbonyl (C=O) groups excluding carboxylic acids is 1. The van der Waals surface area contributed by atoms with Crippen LogP contribution in [0.1, 0.15) is 15.9 Å². The second kappa shape index (κ2) is 5.31. The summed E-state index contributed by atoms with van der Waals surface area (Å²) >= 11 is 0. The highest BCUT2D eigenvalue weighted by Gasteiger charge is 2.02. The molecule has 4 heteroatoms.